The third-order valence-electron chi connectivity index (χ3n) is 7.02. The minimum absolute atomic E-state index is 0.0413. The molecule has 2 fully saturated rings. The molecule has 1 aromatic carbocycles. The summed E-state index contributed by atoms with van der Waals surface area (Å²) in [6, 6.07) is 3.86. The third-order valence-corrected chi connectivity index (χ3v) is 9.38. The molecule has 1 aromatic heterocycles. The monoisotopic (exact) mass is 593 g/mol. The zero-order chi connectivity index (χ0) is 29.2. The van der Waals surface area contributed by atoms with Crippen molar-refractivity contribution in [2.24, 2.45) is 10.7 Å². The number of sulfone groups is 1. The molecule has 0 spiro atoms. The number of aromatic nitrogens is 2. The number of nitrogens with two attached hydrogens (primary N) is 1. The number of benzene rings is 1. The first-order valence-electron chi connectivity index (χ1n) is 13.3. The molecular formula is C27H37ClFN7O3S. The van der Waals surface area contributed by atoms with Crippen molar-refractivity contribution in [3.8, 4) is 5.75 Å². The molecule has 10 nitrogen and oxygen atoms in total. The molecule has 2 atom stereocenters. The maximum atomic E-state index is 15.0. The van der Waals surface area contributed by atoms with Gasteiger partial charge in [-0.25, -0.2) is 17.8 Å². The van der Waals surface area contributed by atoms with Gasteiger partial charge < -0.3 is 26.0 Å². The van der Waals surface area contributed by atoms with Gasteiger partial charge in [0.15, 0.2) is 20.7 Å². The molecule has 1 saturated carbocycles. The average molecular weight is 594 g/mol. The Hall–Kier alpha value is -2.96. The topological polar surface area (TPSA) is 135 Å². The number of allylic oxidation sites excluding steroid dienone is 1. The summed E-state index contributed by atoms with van der Waals surface area (Å²) in [7, 11) is -0.340. The van der Waals surface area contributed by atoms with Crippen molar-refractivity contribution in [2.75, 3.05) is 37.8 Å². The first-order chi connectivity index (χ1) is 18.9. The van der Waals surface area contributed by atoms with E-state index in [2.05, 4.69) is 25.6 Å². The number of alkyl halides is 1. The van der Waals surface area contributed by atoms with Crippen LogP contribution >= 0.6 is 11.6 Å². The summed E-state index contributed by atoms with van der Waals surface area (Å²) >= 11 is 6.35. The predicted octanol–water partition coefficient (Wildman–Crippen LogP) is 4.54. The largest absolute Gasteiger partial charge is 0.488 e. The highest BCUT2D eigenvalue weighted by Crippen LogP contribution is 2.40. The molecule has 0 radical (unpaired) electrons. The van der Waals surface area contributed by atoms with Crippen LogP contribution in [0.4, 0.5) is 21.8 Å². The van der Waals surface area contributed by atoms with Crippen LogP contribution in [-0.4, -0.2) is 74.2 Å². The van der Waals surface area contributed by atoms with E-state index < -0.39 is 21.3 Å². The maximum Gasteiger partial charge on any atom is 0.229 e. The van der Waals surface area contributed by atoms with Gasteiger partial charge in [0.25, 0.3) is 0 Å². The molecule has 13 heteroatoms. The standard InChI is InChI=1S/C27H37ClFN7O3S/c1-15(2)40(37,38)25(30)23(13-31-4)33-26-20(28)12-32-27(35-26)34-22-10-16(3)19(11-24(22)39-17-6-7-17)18-8-9-36(5)14-21(18)29/h10-13,15,17-18,21H,6-9,14,30H2,1-5H3,(H2,32,33,34,35). The number of hydrogen-bond donors (Lipinski definition) is 3. The van der Waals surface area contributed by atoms with E-state index in [0.29, 0.717) is 18.0 Å². The molecule has 2 unspecified atom stereocenters. The van der Waals surface area contributed by atoms with E-state index in [9.17, 15) is 8.42 Å². The fourth-order valence-corrected chi connectivity index (χ4v) is 5.58. The van der Waals surface area contributed by atoms with E-state index in [-0.39, 0.29) is 39.5 Å². The number of halogens is 2. The number of aliphatic imine (C=N–C) groups is 1. The minimum Gasteiger partial charge on any atom is -0.488 e. The number of ether oxygens (including phenoxy) is 1. The van der Waals surface area contributed by atoms with E-state index in [1.165, 1.54) is 33.3 Å². The highest BCUT2D eigenvalue weighted by molar-refractivity contribution is 7.95. The summed E-state index contributed by atoms with van der Waals surface area (Å²) < 4.78 is 46.6. The van der Waals surface area contributed by atoms with Gasteiger partial charge in [0.05, 0.1) is 28.9 Å². The number of hydrogen-bond acceptors (Lipinski definition) is 10. The number of piperidine rings is 1. The molecular weight excluding hydrogens is 557 g/mol. The van der Waals surface area contributed by atoms with Gasteiger partial charge in [0.2, 0.25) is 5.95 Å². The molecule has 0 bridgehead atoms. The van der Waals surface area contributed by atoms with Crippen LogP contribution in [0.1, 0.15) is 50.2 Å². The van der Waals surface area contributed by atoms with Crippen LogP contribution in [0.15, 0.2) is 34.0 Å². The molecule has 218 valence electrons. The van der Waals surface area contributed by atoms with Gasteiger partial charge in [0, 0.05) is 25.7 Å². The summed E-state index contributed by atoms with van der Waals surface area (Å²) in [6.07, 6.45) is 4.50. The lowest BCUT2D eigenvalue weighted by molar-refractivity contribution is 0.139. The molecule has 2 heterocycles. The fraction of sp³-hybridized carbons (Fsp3) is 0.519. The number of aryl methyl sites for hydroxylation is 1. The smallest absolute Gasteiger partial charge is 0.229 e. The van der Waals surface area contributed by atoms with Crippen molar-refractivity contribution < 1.29 is 17.5 Å². The lowest BCUT2D eigenvalue weighted by atomic mass is 9.85. The first kappa shape index (κ1) is 30.0. The van der Waals surface area contributed by atoms with Crippen LogP contribution < -0.4 is 21.1 Å². The quantitative estimate of drug-likeness (QED) is 0.339. The molecule has 2 aliphatic rings. The van der Waals surface area contributed by atoms with Crippen molar-refractivity contribution in [2.45, 2.75) is 63.5 Å². The van der Waals surface area contributed by atoms with Crippen molar-refractivity contribution in [3.63, 3.8) is 0 Å². The Bertz CT molecular complexity index is 1410. The minimum atomic E-state index is -3.77. The van der Waals surface area contributed by atoms with Gasteiger partial charge in [-0.2, -0.15) is 4.98 Å². The van der Waals surface area contributed by atoms with Crippen LogP contribution in [0.3, 0.4) is 0 Å². The number of nitrogens with zero attached hydrogens (tertiary/aromatic N) is 4. The van der Waals surface area contributed by atoms with E-state index in [1.54, 1.807) is 0 Å². The predicted molar refractivity (Wildman–Crippen MR) is 158 cm³/mol. The molecule has 4 N–H and O–H groups in total. The van der Waals surface area contributed by atoms with E-state index in [0.717, 1.165) is 36.9 Å². The summed E-state index contributed by atoms with van der Waals surface area (Å²) in [6.45, 7) is 6.27. The van der Waals surface area contributed by atoms with E-state index >= 15 is 4.39 Å². The summed E-state index contributed by atoms with van der Waals surface area (Å²) in [4.78, 5) is 14.7. The number of rotatable bonds is 10. The summed E-state index contributed by atoms with van der Waals surface area (Å²) in [5.74, 6) is 0.738. The van der Waals surface area contributed by atoms with E-state index in [4.69, 9.17) is 22.1 Å². The Labute approximate surface area is 240 Å². The average Bonchev–Trinajstić information content (AvgIpc) is 3.71. The van der Waals surface area contributed by atoms with Crippen molar-refractivity contribution in [3.05, 3.63) is 45.2 Å². The van der Waals surface area contributed by atoms with Crippen LogP contribution in [-0.2, 0) is 9.84 Å². The Morgan fingerprint density at radius 1 is 1.32 bits per heavy atom. The summed E-state index contributed by atoms with van der Waals surface area (Å²) in [5, 5.41) is 5.14. The Morgan fingerprint density at radius 2 is 2.05 bits per heavy atom. The lowest BCUT2D eigenvalue weighted by Gasteiger charge is -2.33. The van der Waals surface area contributed by atoms with Gasteiger partial charge in [-0.3, -0.25) is 4.99 Å². The molecule has 2 aromatic rings. The summed E-state index contributed by atoms with van der Waals surface area (Å²) in [5.41, 5.74) is 8.57. The maximum absolute atomic E-state index is 15.0. The second kappa shape index (κ2) is 12.3. The molecule has 1 saturated heterocycles. The first-order valence-corrected chi connectivity index (χ1v) is 15.2. The Kier molecular flexibility index (Phi) is 9.21. The van der Waals surface area contributed by atoms with Crippen LogP contribution in [0.25, 0.3) is 0 Å². The zero-order valence-corrected chi connectivity index (χ0v) is 25.0. The molecule has 1 aliphatic carbocycles. The van der Waals surface area contributed by atoms with E-state index in [1.807, 2.05) is 31.0 Å². The van der Waals surface area contributed by atoms with Crippen LogP contribution in [0.5, 0.6) is 5.75 Å². The SMILES string of the molecule is CN=CC(Nc1nc(Nc2cc(C)c(C3CCN(C)CC3F)cc2OC2CC2)ncc1Cl)=C(N)S(=O)(=O)C(C)C. The Balaban J connectivity index is 1.66. The van der Waals surface area contributed by atoms with Gasteiger partial charge >= 0.3 is 0 Å². The van der Waals surface area contributed by atoms with Gasteiger partial charge in [-0.15, -0.1) is 0 Å². The van der Waals surface area contributed by atoms with Crippen molar-refractivity contribution in [1.82, 2.24) is 14.9 Å². The Morgan fingerprint density at radius 3 is 2.67 bits per heavy atom. The molecule has 1 aliphatic heterocycles. The van der Waals surface area contributed by atoms with Gasteiger partial charge in [-0.05, 0) is 76.9 Å². The number of likely N-dealkylation sites (tertiary alicyclic amines) is 1. The second-order valence-corrected chi connectivity index (χ2v) is 13.5. The number of nitrogens with one attached hydrogen (secondary N) is 2. The molecule has 0 amide bonds. The number of anilines is 3. The highest BCUT2D eigenvalue weighted by Gasteiger charge is 2.32. The highest BCUT2D eigenvalue weighted by atomic mass is 35.5. The third kappa shape index (κ3) is 6.84. The van der Waals surface area contributed by atoms with Crippen molar-refractivity contribution in [1.29, 1.82) is 0 Å². The lowest BCUT2D eigenvalue weighted by Crippen LogP contribution is -2.38. The zero-order valence-electron chi connectivity index (χ0n) is 23.4. The molecule has 4 rings (SSSR count). The van der Waals surface area contributed by atoms with Gasteiger partial charge in [0.1, 0.15) is 16.9 Å². The normalized spacial score (nSPS) is 21.0. The van der Waals surface area contributed by atoms with Crippen LogP contribution in [0.2, 0.25) is 5.02 Å². The van der Waals surface area contributed by atoms with Crippen LogP contribution in [0, 0.1) is 6.92 Å². The fourth-order valence-electron chi connectivity index (χ4n) is 4.53. The van der Waals surface area contributed by atoms with Crippen molar-refractivity contribution >= 4 is 45.1 Å². The van der Waals surface area contributed by atoms with Gasteiger partial charge in [-0.1, -0.05) is 11.6 Å². The molecule has 40 heavy (non-hydrogen) atoms. The second-order valence-electron chi connectivity index (χ2n) is 10.6.